The summed E-state index contributed by atoms with van der Waals surface area (Å²) < 4.78 is 1.76. The highest BCUT2D eigenvalue weighted by molar-refractivity contribution is 5.87. The Morgan fingerprint density at radius 2 is 1.75 bits per heavy atom. The van der Waals surface area contributed by atoms with Crippen LogP contribution in [-0.2, 0) is 7.05 Å². The minimum absolute atomic E-state index is 0.352. The molecule has 0 radical (unpaired) electrons. The normalized spacial score (nSPS) is 11.4. The lowest BCUT2D eigenvalue weighted by atomic mass is 9.97. The number of aromatic nitrogens is 2. The van der Waals surface area contributed by atoms with Crippen molar-refractivity contribution in [3.05, 3.63) is 48.0 Å². The Kier molecular flexibility index (Phi) is 2.97. The molecule has 102 valence electrons. The van der Waals surface area contributed by atoms with E-state index >= 15 is 0 Å². The van der Waals surface area contributed by atoms with Crippen molar-refractivity contribution in [2.75, 3.05) is 5.73 Å². The highest BCUT2D eigenvalue weighted by Crippen LogP contribution is 2.33. The molecule has 2 aromatic carbocycles. The lowest BCUT2D eigenvalue weighted by Crippen LogP contribution is -2.00. The van der Waals surface area contributed by atoms with E-state index in [0.29, 0.717) is 5.92 Å². The summed E-state index contributed by atoms with van der Waals surface area (Å²) >= 11 is 0. The van der Waals surface area contributed by atoms with E-state index in [4.69, 9.17) is 5.73 Å². The molecule has 3 aromatic rings. The van der Waals surface area contributed by atoms with Crippen molar-refractivity contribution in [2.24, 2.45) is 7.05 Å². The Morgan fingerprint density at radius 1 is 1.05 bits per heavy atom. The molecule has 0 aliphatic carbocycles. The van der Waals surface area contributed by atoms with Crippen LogP contribution in [0.1, 0.15) is 25.3 Å². The first-order valence-corrected chi connectivity index (χ1v) is 6.89. The van der Waals surface area contributed by atoms with Crippen molar-refractivity contribution in [1.29, 1.82) is 0 Å². The second-order valence-corrected chi connectivity index (χ2v) is 5.49. The van der Waals surface area contributed by atoms with Gasteiger partial charge in [0.25, 0.3) is 0 Å². The number of fused-ring (bicyclic) bond motifs is 1. The zero-order valence-corrected chi connectivity index (χ0v) is 12.1. The van der Waals surface area contributed by atoms with Crippen LogP contribution in [0.4, 0.5) is 5.82 Å². The number of benzene rings is 2. The van der Waals surface area contributed by atoms with Crippen molar-refractivity contribution in [2.45, 2.75) is 19.8 Å². The van der Waals surface area contributed by atoms with Gasteiger partial charge in [-0.1, -0.05) is 50.2 Å². The first-order chi connectivity index (χ1) is 9.58. The fourth-order valence-corrected chi connectivity index (χ4v) is 2.67. The van der Waals surface area contributed by atoms with Crippen molar-refractivity contribution in [1.82, 2.24) is 9.78 Å². The maximum atomic E-state index is 6.15. The van der Waals surface area contributed by atoms with Gasteiger partial charge in [0.2, 0.25) is 0 Å². The zero-order chi connectivity index (χ0) is 14.3. The maximum Gasteiger partial charge on any atom is 0.125 e. The fraction of sp³-hybridized carbons (Fsp3) is 0.235. The van der Waals surface area contributed by atoms with E-state index in [2.05, 4.69) is 61.4 Å². The predicted octanol–water partition coefficient (Wildman–Crippen LogP) is 3.95. The predicted molar refractivity (Wildman–Crippen MR) is 84.7 cm³/mol. The second-order valence-electron chi connectivity index (χ2n) is 5.49. The van der Waals surface area contributed by atoms with E-state index in [-0.39, 0.29) is 0 Å². The van der Waals surface area contributed by atoms with E-state index in [1.54, 1.807) is 4.68 Å². The monoisotopic (exact) mass is 265 g/mol. The van der Waals surface area contributed by atoms with Crippen LogP contribution >= 0.6 is 0 Å². The van der Waals surface area contributed by atoms with Crippen LogP contribution in [-0.4, -0.2) is 9.78 Å². The van der Waals surface area contributed by atoms with Crippen LogP contribution in [0, 0.1) is 0 Å². The van der Waals surface area contributed by atoms with Crippen LogP contribution in [0.3, 0.4) is 0 Å². The zero-order valence-electron chi connectivity index (χ0n) is 12.1. The molecule has 0 aliphatic heterocycles. The highest BCUT2D eigenvalue weighted by atomic mass is 15.3. The molecule has 3 rings (SSSR count). The van der Waals surface area contributed by atoms with Gasteiger partial charge in [-0.2, -0.15) is 5.10 Å². The van der Waals surface area contributed by atoms with Crippen LogP contribution in [0.5, 0.6) is 0 Å². The molecule has 0 amide bonds. The lowest BCUT2D eigenvalue weighted by Gasteiger charge is -2.08. The quantitative estimate of drug-likeness (QED) is 0.762. The first-order valence-electron chi connectivity index (χ1n) is 6.89. The Hall–Kier alpha value is -2.29. The number of hydrogen-bond acceptors (Lipinski definition) is 2. The molecule has 0 aliphatic rings. The third kappa shape index (κ3) is 1.95. The fourth-order valence-electron chi connectivity index (χ4n) is 2.67. The SMILES string of the molecule is CC(C)c1c(-c2ccc3ccccc3c2)nn(C)c1N. The van der Waals surface area contributed by atoms with Crippen molar-refractivity contribution in [3.8, 4) is 11.3 Å². The molecule has 0 spiro atoms. The molecule has 1 aromatic heterocycles. The lowest BCUT2D eigenvalue weighted by molar-refractivity contribution is 0.780. The molecule has 0 bridgehead atoms. The third-order valence-corrected chi connectivity index (χ3v) is 3.73. The van der Waals surface area contributed by atoms with Gasteiger partial charge in [0.15, 0.2) is 0 Å². The van der Waals surface area contributed by atoms with Gasteiger partial charge in [-0.05, 0) is 22.8 Å². The van der Waals surface area contributed by atoms with Gasteiger partial charge in [0.05, 0.1) is 5.69 Å². The molecular weight excluding hydrogens is 246 g/mol. The van der Waals surface area contributed by atoms with E-state index in [1.165, 1.54) is 10.8 Å². The van der Waals surface area contributed by atoms with Crippen LogP contribution < -0.4 is 5.73 Å². The molecule has 20 heavy (non-hydrogen) atoms. The van der Waals surface area contributed by atoms with Crippen LogP contribution in [0.2, 0.25) is 0 Å². The number of aryl methyl sites for hydroxylation is 1. The summed E-state index contributed by atoms with van der Waals surface area (Å²) in [6.45, 7) is 4.30. The Morgan fingerprint density at radius 3 is 2.45 bits per heavy atom. The number of rotatable bonds is 2. The number of nitrogens with zero attached hydrogens (tertiary/aromatic N) is 2. The van der Waals surface area contributed by atoms with Crippen molar-refractivity contribution in [3.63, 3.8) is 0 Å². The van der Waals surface area contributed by atoms with Crippen molar-refractivity contribution >= 4 is 16.6 Å². The average molecular weight is 265 g/mol. The van der Waals surface area contributed by atoms with Gasteiger partial charge >= 0.3 is 0 Å². The Labute approximate surface area is 119 Å². The minimum Gasteiger partial charge on any atom is -0.384 e. The molecule has 1 heterocycles. The molecular formula is C17H19N3. The van der Waals surface area contributed by atoms with Gasteiger partial charge in [0.1, 0.15) is 5.82 Å². The Balaban J connectivity index is 2.23. The van der Waals surface area contributed by atoms with Gasteiger partial charge in [-0.25, -0.2) is 0 Å². The summed E-state index contributed by atoms with van der Waals surface area (Å²) in [6, 6.07) is 14.8. The smallest absolute Gasteiger partial charge is 0.125 e. The summed E-state index contributed by atoms with van der Waals surface area (Å²) in [7, 11) is 1.89. The van der Waals surface area contributed by atoms with E-state index < -0.39 is 0 Å². The summed E-state index contributed by atoms with van der Waals surface area (Å²) in [6.07, 6.45) is 0. The third-order valence-electron chi connectivity index (χ3n) is 3.73. The molecule has 0 unspecified atom stereocenters. The van der Waals surface area contributed by atoms with Gasteiger partial charge < -0.3 is 5.73 Å². The largest absolute Gasteiger partial charge is 0.384 e. The summed E-state index contributed by atoms with van der Waals surface area (Å²) in [5.41, 5.74) is 9.40. The first kappa shape index (κ1) is 12.7. The summed E-state index contributed by atoms with van der Waals surface area (Å²) in [4.78, 5) is 0. The summed E-state index contributed by atoms with van der Waals surface area (Å²) in [5, 5.41) is 7.07. The maximum absolute atomic E-state index is 6.15. The van der Waals surface area contributed by atoms with Crippen LogP contribution in [0.15, 0.2) is 42.5 Å². The molecule has 0 atom stereocenters. The van der Waals surface area contributed by atoms with Crippen molar-refractivity contribution < 1.29 is 0 Å². The van der Waals surface area contributed by atoms with E-state index in [1.807, 2.05) is 7.05 Å². The molecule has 3 nitrogen and oxygen atoms in total. The van der Waals surface area contributed by atoms with Crippen LogP contribution in [0.25, 0.3) is 22.0 Å². The number of nitrogens with two attached hydrogens (primary N) is 1. The molecule has 3 heteroatoms. The van der Waals surface area contributed by atoms with Gasteiger partial charge in [0, 0.05) is 18.2 Å². The number of anilines is 1. The topological polar surface area (TPSA) is 43.8 Å². The molecule has 0 saturated heterocycles. The highest BCUT2D eigenvalue weighted by Gasteiger charge is 2.18. The van der Waals surface area contributed by atoms with Gasteiger partial charge in [-0.3, -0.25) is 4.68 Å². The van der Waals surface area contributed by atoms with E-state index in [0.717, 1.165) is 22.6 Å². The summed E-state index contributed by atoms with van der Waals surface area (Å²) in [5.74, 6) is 1.10. The molecule has 0 saturated carbocycles. The second kappa shape index (κ2) is 4.67. The van der Waals surface area contributed by atoms with E-state index in [9.17, 15) is 0 Å². The number of hydrogen-bond donors (Lipinski definition) is 1. The van der Waals surface area contributed by atoms with Gasteiger partial charge in [-0.15, -0.1) is 0 Å². The standard InChI is InChI=1S/C17H19N3/c1-11(2)15-16(19-20(3)17(15)18)14-9-8-12-6-4-5-7-13(12)10-14/h4-11H,18H2,1-3H3. The minimum atomic E-state index is 0.352. The number of nitrogen functional groups attached to an aromatic ring is 1. The molecule has 0 fully saturated rings. The Bertz CT molecular complexity index is 769. The average Bonchev–Trinajstić information content (AvgIpc) is 2.74. The molecule has 2 N–H and O–H groups in total.